The summed E-state index contributed by atoms with van der Waals surface area (Å²) in [7, 11) is 0. The highest BCUT2D eigenvalue weighted by Gasteiger charge is 2.62. The first-order chi connectivity index (χ1) is 13.9. The third kappa shape index (κ3) is 5.50. The fourth-order valence-electron chi connectivity index (χ4n) is 2.70. The lowest BCUT2D eigenvalue weighted by molar-refractivity contribution is -0.198. The van der Waals surface area contributed by atoms with Gasteiger partial charge in [-0.15, -0.1) is 0 Å². The van der Waals surface area contributed by atoms with Crippen molar-refractivity contribution in [3.63, 3.8) is 0 Å². The average Bonchev–Trinajstić information content (AvgIpc) is 2.63. The number of benzene rings is 2. The van der Waals surface area contributed by atoms with Gasteiger partial charge >= 0.3 is 12.3 Å². The Bertz CT molecular complexity index is 937. The number of rotatable bonds is 5. The van der Waals surface area contributed by atoms with Gasteiger partial charge in [-0.3, -0.25) is 10.1 Å². The highest BCUT2D eigenvalue weighted by Crippen LogP contribution is 2.40. The van der Waals surface area contributed by atoms with E-state index >= 15 is 0 Å². The molecular formula is C22H21BrF3NO3. The summed E-state index contributed by atoms with van der Waals surface area (Å²) in [6.07, 6.45) is -4.43. The Hall–Kier alpha value is -2.61. The average molecular weight is 484 g/mol. The maximum atomic E-state index is 14.4. The van der Waals surface area contributed by atoms with Crippen molar-refractivity contribution in [2.45, 2.75) is 38.1 Å². The monoisotopic (exact) mass is 483 g/mol. The van der Waals surface area contributed by atoms with Gasteiger partial charge < -0.3 is 4.74 Å². The van der Waals surface area contributed by atoms with Crippen LogP contribution in [0.5, 0.6) is 0 Å². The lowest BCUT2D eigenvalue weighted by Gasteiger charge is -2.35. The molecule has 0 radical (unpaired) electrons. The molecule has 0 fully saturated rings. The van der Waals surface area contributed by atoms with Crippen LogP contribution < -0.4 is 5.32 Å². The van der Waals surface area contributed by atoms with Gasteiger partial charge in [-0.1, -0.05) is 70.5 Å². The number of amides is 1. The first kappa shape index (κ1) is 23.7. The molecule has 0 aromatic heterocycles. The van der Waals surface area contributed by atoms with Gasteiger partial charge in [0.2, 0.25) is 5.54 Å². The topological polar surface area (TPSA) is 55.4 Å². The number of hydrogen-bond acceptors (Lipinski definition) is 3. The van der Waals surface area contributed by atoms with E-state index in [1.165, 1.54) is 45.0 Å². The Morgan fingerprint density at radius 3 is 2.07 bits per heavy atom. The number of carbonyl (C=O) groups is 2. The molecule has 30 heavy (non-hydrogen) atoms. The van der Waals surface area contributed by atoms with Crippen LogP contribution in [0.25, 0.3) is 6.08 Å². The molecule has 0 bridgehead atoms. The summed E-state index contributed by atoms with van der Waals surface area (Å²) in [4.78, 5) is 25.3. The van der Waals surface area contributed by atoms with Crippen LogP contribution in [0, 0.1) is 0 Å². The first-order valence-corrected chi connectivity index (χ1v) is 9.76. The molecule has 1 N–H and O–H groups in total. The van der Waals surface area contributed by atoms with Crippen molar-refractivity contribution in [3.05, 3.63) is 76.3 Å². The summed E-state index contributed by atoms with van der Waals surface area (Å²) in [5, 5.41) is 1.80. The van der Waals surface area contributed by atoms with Crippen LogP contribution in [0.2, 0.25) is 0 Å². The predicted octanol–water partition coefficient (Wildman–Crippen LogP) is 6.01. The van der Waals surface area contributed by atoms with Gasteiger partial charge in [0.1, 0.15) is 5.60 Å². The van der Waals surface area contributed by atoms with Gasteiger partial charge in [0.15, 0.2) is 5.78 Å². The summed E-state index contributed by atoms with van der Waals surface area (Å²) in [5.41, 5.74) is -4.28. The number of halogens is 4. The predicted molar refractivity (Wildman–Crippen MR) is 112 cm³/mol. The van der Waals surface area contributed by atoms with Crippen molar-refractivity contribution >= 4 is 33.9 Å². The third-order valence-electron chi connectivity index (χ3n) is 4.01. The molecule has 0 saturated carbocycles. The van der Waals surface area contributed by atoms with Crippen LogP contribution in [0.15, 0.2) is 65.1 Å². The van der Waals surface area contributed by atoms with E-state index < -0.39 is 34.8 Å². The first-order valence-electron chi connectivity index (χ1n) is 8.97. The maximum absolute atomic E-state index is 14.4. The zero-order valence-electron chi connectivity index (χ0n) is 16.6. The third-order valence-corrected chi connectivity index (χ3v) is 4.73. The molecule has 0 aliphatic heterocycles. The molecule has 2 aromatic rings. The molecule has 8 heteroatoms. The number of alkyl halides is 3. The van der Waals surface area contributed by atoms with E-state index in [1.807, 2.05) is 0 Å². The SMILES string of the molecule is CC(C)(C)OC(=O)NC(C(=O)/C=C\c1ccccc1Br)(c1ccccc1)C(F)(F)F. The molecule has 160 valence electrons. The second-order valence-corrected chi connectivity index (χ2v) is 8.31. The second kappa shape index (κ2) is 9.04. The van der Waals surface area contributed by atoms with E-state index in [2.05, 4.69) is 15.9 Å². The molecule has 2 rings (SSSR count). The van der Waals surface area contributed by atoms with Gasteiger partial charge in [-0.25, -0.2) is 4.79 Å². The van der Waals surface area contributed by atoms with Crippen molar-refractivity contribution in [2.75, 3.05) is 0 Å². The Kier molecular flexibility index (Phi) is 7.13. The van der Waals surface area contributed by atoms with Crippen molar-refractivity contribution in [1.82, 2.24) is 5.32 Å². The van der Waals surface area contributed by atoms with Crippen LogP contribution in [-0.2, 0) is 15.1 Å². The normalized spacial score (nSPS) is 14.2. The lowest BCUT2D eigenvalue weighted by Crippen LogP contribution is -2.61. The summed E-state index contributed by atoms with van der Waals surface area (Å²) in [6, 6.07) is 13.2. The van der Waals surface area contributed by atoms with Crippen LogP contribution in [0.4, 0.5) is 18.0 Å². The highest BCUT2D eigenvalue weighted by molar-refractivity contribution is 9.10. The second-order valence-electron chi connectivity index (χ2n) is 7.46. The zero-order valence-corrected chi connectivity index (χ0v) is 18.2. The minimum absolute atomic E-state index is 0.426. The number of carbonyl (C=O) groups excluding carboxylic acids is 2. The van der Waals surface area contributed by atoms with E-state index in [4.69, 9.17) is 4.74 Å². The van der Waals surface area contributed by atoms with E-state index in [-0.39, 0.29) is 0 Å². The van der Waals surface area contributed by atoms with Gasteiger partial charge in [-0.05, 0) is 44.0 Å². The molecule has 2 aromatic carbocycles. The highest BCUT2D eigenvalue weighted by atomic mass is 79.9. The quantitative estimate of drug-likeness (QED) is 0.529. The molecule has 0 aliphatic carbocycles. The molecular weight excluding hydrogens is 463 g/mol. The van der Waals surface area contributed by atoms with E-state index in [1.54, 1.807) is 29.6 Å². The van der Waals surface area contributed by atoms with Crippen LogP contribution in [0.3, 0.4) is 0 Å². The number of ether oxygens (including phenoxy) is 1. The molecule has 4 nitrogen and oxygen atoms in total. The molecule has 1 atom stereocenters. The lowest BCUT2D eigenvalue weighted by atomic mass is 9.84. The van der Waals surface area contributed by atoms with E-state index in [9.17, 15) is 22.8 Å². The minimum atomic E-state index is -5.14. The molecule has 0 aliphatic rings. The van der Waals surface area contributed by atoms with Crippen molar-refractivity contribution in [3.8, 4) is 0 Å². The summed E-state index contributed by atoms with van der Waals surface area (Å²) < 4.78 is 48.7. The van der Waals surface area contributed by atoms with Crippen LogP contribution in [0.1, 0.15) is 31.9 Å². The smallest absolute Gasteiger partial charge is 0.423 e. The Labute approximate surface area is 181 Å². The van der Waals surface area contributed by atoms with Crippen LogP contribution >= 0.6 is 15.9 Å². The van der Waals surface area contributed by atoms with Crippen molar-refractivity contribution < 1.29 is 27.5 Å². The molecule has 0 saturated heterocycles. The summed E-state index contributed by atoms with van der Waals surface area (Å²) >= 11 is 3.28. The van der Waals surface area contributed by atoms with Gasteiger partial charge in [0, 0.05) is 4.47 Å². The number of hydrogen-bond donors (Lipinski definition) is 1. The van der Waals surface area contributed by atoms with E-state index in [0.717, 1.165) is 18.2 Å². The summed E-state index contributed by atoms with van der Waals surface area (Å²) in [5.74, 6) is -1.36. The molecule has 1 unspecified atom stereocenters. The van der Waals surface area contributed by atoms with E-state index in [0.29, 0.717) is 10.0 Å². The van der Waals surface area contributed by atoms with Crippen LogP contribution in [-0.4, -0.2) is 23.7 Å². The van der Waals surface area contributed by atoms with Gasteiger partial charge in [0.25, 0.3) is 0 Å². The van der Waals surface area contributed by atoms with Crippen molar-refractivity contribution in [2.24, 2.45) is 0 Å². The number of nitrogens with one attached hydrogen (secondary N) is 1. The zero-order chi connectivity index (χ0) is 22.6. The Balaban J connectivity index is 2.57. The van der Waals surface area contributed by atoms with Gasteiger partial charge in [0.05, 0.1) is 0 Å². The Morgan fingerprint density at radius 1 is 0.967 bits per heavy atom. The van der Waals surface area contributed by atoms with Gasteiger partial charge in [-0.2, -0.15) is 13.2 Å². The minimum Gasteiger partial charge on any atom is -0.444 e. The maximum Gasteiger partial charge on any atom is 0.423 e. The largest absolute Gasteiger partial charge is 0.444 e. The number of ketones is 1. The molecule has 0 spiro atoms. The number of alkyl carbamates (subject to hydrolysis) is 1. The summed E-state index contributed by atoms with van der Waals surface area (Å²) in [6.45, 7) is 4.54. The fourth-order valence-corrected chi connectivity index (χ4v) is 3.11. The fraction of sp³-hybridized carbons (Fsp3) is 0.273. The molecule has 1 amide bonds. The molecule has 0 heterocycles. The Morgan fingerprint density at radius 2 is 1.53 bits per heavy atom. The standard InChI is InChI=1S/C22H21BrF3NO3/c1-20(2,3)30-19(29)27-21(22(24,25)26,16-10-5-4-6-11-16)18(28)14-13-15-9-7-8-12-17(15)23/h4-14H,1-3H3,(H,27,29)/b14-13-. The van der Waals surface area contributed by atoms with Crippen molar-refractivity contribution in [1.29, 1.82) is 0 Å².